The van der Waals surface area contributed by atoms with Crippen LogP contribution in [0.15, 0.2) is 0 Å². The van der Waals surface area contributed by atoms with E-state index in [1.54, 1.807) is 51.4 Å². The van der Waals surface area contributed by atoms with Gasteiger partial charge in [0.05, 0.1) is 0 Å². The molecule has 0 amide bonds. The van der Waals surface area contributed by atoms with E-state index >= 15 is 0 Å². The van der Waals surface area contributed by atoms with Gasteiger partial charge in [-0.05, 0) is 55.3 Å². The summed E-state index contributed by atoms with van der Waals surface area (Å²) in [5.74, 6) is 5.56. The summed E-state index contributed by atoms with van der Waals surface area (Å²) >= 11 is 0. The van der Waals surface area contributed by atoms with Crippen LogP contribution in [0.1, 0.15) is 177 Å². The quantitative estimate of drug-likeness (QED) is 0.401. The summed E-state index contributed by atoms with van der Waals surface area (Å²) in [6.07, 6.45) is 31.9. The predicted molar refractivity (Wildman–Crippen MR) is 150 cm³/mol. The standard InChI is InChI=1S/C18H32.C7H14.C4H10.C2H6.CH4/c1-3-7-15(8-4-1)17-11-13-18(14-12-17)16-9-5-2-6-10-16;1-7-5-3-2-4-6-7;1-3-4-2;1-2;/h15-18H,1-14H2;7H,2-6H2,1H3;3-4H2,1-2H3;1-2H3;1H4. The molecule has 0 aromatic heterocycles. The lowest BCUT2D eigenvalue weighted by Gasteiger charge is -2.39. The van der Waals surface area contributed by atoms with Gasteiger partial charge in [0.25, 0.3) is 0 Å². The summed E-state index contributed by atoms with van der Waals surface area (Å²) in [6, 6.07) is 0. The van der Waals surface area contributed by atoms with E-state index in [2.05, 4.69) is 20.8 Å². The van der Waals surface area contributed by atoms with Crippen molar-refractivity contribution in [2.24, 2.45) is 29.6 Å². The summed E-state index contributed by atoms with van der Waals surface area (Å²) in [5, 5.41) is 0. The van der Waals surface area contributed by atoms with Crippen LogP contribution in [0.2, 0.25) is 0 Å². The molecule has 0 heteroatoms. The molecule has 32 heavy (non-hydrogen) atoms. The second-order valence-corrected chi connectivity index (χ2v) is 11.2. The van der Waals surface area contributed by atoms with E-state index in [4.69, 9.17) is 0 Å². The van der Waals surface area contributed by atoms with E-state index in [1.165, 1.54) is 83.5 Å². The Balaban J connectivity index is 0.000000573. The summed E-state index contributed by atoms with van der Waals surface area (Å²) in [4.78, 5) is 0. The van der Waals surface area contributed by atoms with Crippen molar-refractivity contribution >= 4 is 0 Å². The molecule has 0 radical (unpaired) electrons. The van der Waals surface area contributed by atoms with Gasteiger partial charge in [0.2, 0.25) is 0 Å². The van der Waals surface area contributed by atoms with Crippen molar-refractivity contribution in [2.45, 2.75) is 177 Å². The van der Waals surface area contributed by atoms with Gasteiger partial charge in [0.1, 0.15) is 0 Å². The van der Waals surface area contributed by atoms with Crippen LogP contribution in [0.3, 0.4) is 0 Å². The maximum atomic E-state index is 2.36. The maximum Gasteiger partial charge on any atom is -0.0386 e. The van der Waals surface area contributed by atoms with Crippen molar-refractivity contribution in [2.75, 3.05) is 0 Å². The largest absolute Gasteiger partial charge is 0.0776 e. The second kappa shape index (κ2) is 21.5. The second-order valence-electron chi connectivity index (χ2n) is 11.2. The third kappa shape index (κ3) is 13.6. The van der Waals surface area contributed by atoms with Crippen LogP contribution in [0.4, 0.5) is 0 Å². The molecule has 0 spiro atoms. The van der Waals surface area contributed by atoms with Crippen LogP contribution in [0.25, 0.3) is 0 Å². The molecule has 4 fully saturated rings. The molecule has 4 aliphatic carbocycles. The normalized spacial score (nSPS) is 27.3. The summed E-state index contributed by atoms with van der Waals surface area (Å²) < 4.78 is 0. The van der Waals surface area contributed by atoms with Crippen LogP contribution in [-0.4, -0.2) is 0 Å². The number of hydrogen-bond acceptors (Lipinski definition) is 0. The lowest BCUT2D eigenvalue weighted by Crippen LogP contribution is -2.27. The van der Waals surface area contributed by atoms with Crippen molar-refractivity contribution in [3.8, 4) is 0 Å². The number of hydrogen-bond donors (Lipinski definition) is 0. The highest BCUT2D eigenvalue weighted by Crippen LogP contribution is 2.44. The fourth-order valence-corrected chi connectivity index (χ4v) is 6.61. The van der Waals surface area contributed by atoms with Crippen LogP contribution in [0.5, 0.6) is 0 Å². The van der Waals surface area contributed by atoms with Gasteiger partial charge in [-0.25, -0.2) is 0 Å². The Kier molecular flexibility index (Phi) is 21.5. The first-order valence-corrected chi connectivity index (χ1v) is 15.2. The van der Waals surface area contributed by atoms with E-state index in [9.17, 15) is 0 Å². The zero-order valence-electron chi connectivity index (χ0n) is 22.7. The molecule has 0 aromatic rings. The van der Waals surface area contributed by atoms with Crippen LogP contribution in [0, 0.1) is 29.6 Å². The Morgan fingerprint density at radius 3 is 0.875 bits per heavy atom. The van der Waals surface area contributed by atoms with Crippen molar-refractivity contribution in [3.63, 3.8) is 0 Å². The van der Waals surface area contributed by atoms with Gasteiger partial charge in [0.15, 0.2) is 0 Å². The van der Waals surface area contributed by atoms with Crippen molar-refractivity contribution < 1.29 is 0 Å². The van der Waals surface area contributed by atoms with E-state index in [-0.39, 0.29) is 7.43 Å². The zero-order chi connectivity index (χ0) is 22.7. The highest BCUT2D eigenvalue weighted by atomic mass is 14.4. The molecular formula is C32H66. The molecule has 0 heterocycles. The van der Waals surface area contributed by atoms with Crippen molar-refractivity contribution in [1.82, 2.24) is 0 Å². The highest BCUT2D eigenvalue weighted by molar-refractivity contribution is 4.83. The van der Waals surface area contributed by atoms with Crippen molar-refractivity contribution in [1.29, 1.82) is 0 Å². The van der Waals surface area contributed by atoms with Gasteiger partial charge in [-0.2, -0.15) is 0 Å². The lowest BCUT2D eigenvalue weighted by atomic mass is 9.66. The monoisotopic (exact) mass is 451 g/mol. The van der Waals surface area contributed by atoms with Crippen molar-refractivity contribution in [3.05, 3.63) is 0 Å². The molecule has 0 bridgehead atoms. The molecule has 0 aromatic carbocycles. The van der Waals surface area contributed by atoms with Crippen LogP contribution < -0.4 is 0 Å². The van der Waals surface area contributed by atoms with E-state index in [0.29, 0.717) is 0 Å². The highest BCUT2D eigenvalue weighted by Gasteiger charge is 2.32. The van der Waals surface area contributed by atoms with E-state index in [0.717, 1.165) is 29.6 Å². The topological polar surface area (TPSA) is 0 Å². The molecule has 4 saturated carbocycles. The van der Waals surface area contributed by atoms with Gasteiger partial charge in [0, 0.05) is 0 Å². The number of unbranched alkanes of at least 4 members (excludes halogenated alkanes) is 1. The van der Waals surface area contributed by atoms with Gasteiger partial charge < -0.3 is 0 Å². The molecule has 0 saturated heterocycles. The lowest BCUT2D eigenvalue weighted by molar-refractivity contribution is 0.123. The average molecular weight is 451 g/mol. The Morgan fingerprint density at radius 2 is 0.656 bits per heavy atom. The first-order valence-electron chi connectivity index (χ1n) is 15.2. The zero-order valence-corrected chi connectivity index (χ0v) is 22.7. The first kappa shape index (κ1) is 32.0. The molecule has 194 valence electrons. The minimum absolute atomic E-state index is 0. The van der Waals surface area contributed by atoms with E-state index in [1.807, 2.05) is 13.8 Å². The summed E-state index contributed by atoms with van der Waals surface area (Å²) in [5.41, 5.74) is 0. The SMILES string of the molecule is C.C1CCC(C2CCC(C3CCCCC3)CC2)CC1.CC.CC1CCCCC1.CCCC. The molecule has 4 aliphatic rings. The molecule has 0 atom stereocenters. The van der Waals surface area contributed by atoms with E-state index < -0.39 is 0 Å². The smallest absolute Gasteiger partial charge is 0.0386 e. The average Bonchev–Trinajstić information content (AvgIpc) is 2.87. The Bertz CT molecular complexity index is 318. The molecule has 0 nitrogen and oxygen atoms in total. The molecule has 0 aliphatic heterocycles. The molecule has 4 rings (SSSR count). The summed E-state index contributed by atoms with van der Waals surface area (Å²) in [7, 11) is 0. The van der Waals surface area contributed by atoms with Crippen LogP contribution in [-0.2, 0) is 0 Å². The van der Waals surface area contributed by atoms with Gasteiger partial charge in [-0.15, -0.1) is 0 Å². The predicted octanol–water partition coefficient (Wildman–Crippen LogP) is 12.0. The third-order valence-electron chi connectivity index (χ3n) is 8.84. The Morgan fingerprint density at radius 1 is 0.406 bits per heavy atom. The molecular weight excluding hydrogens is 384 g/mol. The van der Waals surface area contributed by atoms with Crippen LogP contribution >= 0.6 is 0 Å². The fourth-order valence-electron chi connectivity index (χ4n) is 6.61. The number of rotatable bonds is 3. The Labute approximate surface area is 206 Å². The molecule has 0 N–H and O–H groups in total. The Hall–Kier alpha value is 0. The minimum Gasteiger partial charge on any atom is -0.0776 e. The fraction of sp³-hybridized carbons (Fsp3) is 1.00. The molecule has 0 unspecified atom stereocenters. The summed E-state index contributed by atoms with van der Waals surface area (Å²) in [6.45, 7) is 10.7. The third-order valence-corrected chi connectivity index (χ3v) is 8.84. The minimum atomic E-state index is 0. The van der Waals surface area contributed by atoms with Gasteiger partial charge >= 0.3 is 0 Å². The van der Waals surface area contributed by atoms with Gasteiger partial charge in [-0.1, -0.05) is 151 Å². The van der Waals surface area contributed by atoms with Gasteiger partial charge in [-0.3, -0.25) is 0 Å². The first-order chi connectivity index (χ1) is 15.2. The maximum absolute atomic E-state index is 2.36.